The monoisotopic (exact) mass is 1240 g/mol. The number of ether oxygens (including phenoxy) is 5. The van der Waals surface area contributed by atoms with E-state index in [9.17, 15) is 45.5 Å². The minimum Gasteiger partial charge on any atom is -0.508 e. The molecule has 4 amide bonds. The van der Waals surface area contributed by atoms with Crippen molar-refractivity contribution in [3.05, 3.63) is 227 Å². The molecular weight excluding hydrogens is 1190 g/mol. The maximum atomic E-state index is 13.4. The number of halogens is 7. The van der Waals surface area contributed by atoms with Crippen LogP contribution >= 0.6 is 15.9 Å². The smallest absolute Gasteiger partial charge is 0.416 e. The van der Waals surface area contributed by atoms with Crippen molar-refractivity contribution in [3.63, 3.8) is 0 Å². The third-order valence-corrected chi connectivity index (χ3v) is 13.7. The molecule has 10 rings (SSSR count). The molecule has 8 aromatic rings. The number of carbonyl (C=O) groups excluding carboxylic acids is 4. The lowest BCUT2D eigenvalue weighted by Crippen LogP contribution is -2.40. The average Bonchev–Trinajstić information content (AvgIpc) is 4.46. The van der Waals surface area contributed by atoms with E-state index in [2.05, 4.69) is 26.2 Å². The van der Waals surface area contributed by atoms with Gasteiger partial charge in [-0.1, -0.05) is 111 Å². The van der Waals surface area contributed by atoms with Crippen LogP contribution in [0.4, 0.5) is 35.9 Å². The largest absolute Gasteiger partial charge is 0.508 e. The van der Waals surface area contributed by atoms with Crippen molar-refractivity contribution in [3.8, 4) is 23.0 Å². The van der Waals surface area contributed by atoms with Crippen LogP contribution in [0.3, 0.4) is 0 Å². The summed E-state index contributed by atoms with van der Waals surface area (Å²) >= 11 is 3.34. The molecule has 85 heavy (non-hydrogen) atoms. The molecule has 2 aromatic heterocycles. The van der Waals surface area contributed by atoms with E-state index in [1.54, 1.807) is 36.4 Å². The maximum absolute atomic E-state index is 13.4. The fourth-order valence-corrected chi connectivity index (χ4v) is 9.36. The van der Waals surface area contributed by atoms with E-state index in [1.165, 1.54) is 34.5 Å². The molecule has 4 atom stereocenters. The summed E-state index contributed by atoms with van der Waals surface area (Å²) in [5.41, 5.74) is 3.34. The number of benzene rings is 6. The summed E-state index contributed by atoms with van der Waals surface area (Å²) < 4.78 is 111. The highest BCUT2D eigenvalue weighted by molar-refractivity contribution is 9.09. The van der Waals surface area contributed by atoms with Gasteiger partial charge in [-0.25, -0.2) is 19.4 Å². The Kier molecular flexibility index (Phi) is 21.4. The van der Waals surface area contributed by atoms with Gasteiger partial charge in [0.2, 0.25) is 11.8 Å². The van der Waals surface area contributed by atoms with E-state index in [0.717, 1.165) is 69.7 Å². The van der Waals surface area contributed by atoms with Crippen LogP contribution < -0.4 is 14.2 Å². The number of rotatable bonds is 20. The number of imide groups is 2. The Morgan fingerprint density at radius 3 is 1.25 bits per heavy atom. The lowest BCUT2D eigenvalue weighted by molar-refractivity contribution is -0.138. The fourth-order valence-electron chi connectivity index (χ4n) is 9.20. The van der Waals surface area contributed by atoms with E-state index in [-0.39, 0.29) is 68.8 Å². The van der Waals surface area contributed by atoms with Gasteiger partial charge in [-0.3, -0.25) is 9.59 Å². The van der Waals surface area contributed by atoms with Crippen LogP contribution in [0.5, 0.6) is 23.0 Å². The molecule has 0 radical (unpaired) electrons. The van der Waals surface area contributed by atoms with E-state index in [4.69, 9.17) is 37.8 Å². The lowest BCUT2D eigenvalue weighted by atomic mass is 9.91. The molecule has 4 heterocycles. The number of carbonyl (C=O) groups is 4. The van der Waals surface area contributed by atoms with Crippen molar-refractivity contribution in [2.24, 2.45) is 0 Å². The molecule has 444 valence electrons. The summed E-state index contributed by atoms with van der Waals surface area (Å²) in [6, 6.07) is 44.7. The predicted octanol–water partition coefficient (Wildman–Crippen LogP) is 13.2. The van der Waals surface area contributed by atoms with Gasteiger partial charge in [0.05, 0.1) is 41.2 Å². The highest BCUT2D eigenvalue weighted by atomic mass is 79.9. The topological polar surface area (TPSA) is 193 Å². The number of phenols is 1. The summed E-state index contributed by atoms with van der Waals surface area (Å²) in [7, 11) is 0. The van der Waals surface area contributed by atoms with Gasteiger partial charge in [0.1, 0.15) is 62.0 Å². The van der Waals surface area contributed by atoms with Gasteiger partial charge >= 0.3 is 24.5 Å². The first-order valence-electron chi connectivity index (χ1n) is 26.5. The minimum atomic E-state index is -4.40. The van der Waals surface area contributed by atoms with Crippen molar-refractivity contribution in [1.29, 1.82) is 0 Å². The van der Waals surface area contributed by atoms with Crippen molar-refractivity contribution >= 4 is 39.9 Å². The molecule has 23 heteroatoms. The van der Waals surface area contributed by atoms with E-state index < -0.39 is 47.6 Å². The Labute approximate surface area is 491 Å². The number of nitrogens with zero attached hydrogens (tertiary/aromatic N) is 4. The number of aromatic nitrogens is 2. The average molecular weight is 1240 g/mol. The van der Waals surface area contributed by atoms with Gasteiger partial charge in [-0.15, -0.1) is 0 Å². The second-order valence-electron chi connectivity index (χ2n) is 19.2. The molecule has 0 unspecified atom stereocenters. The van der Waals surface area contributed by atoms with Crippen molar-refractivity contribution in [2.75, 3.05) is 38.4 Å². The molecule has 2 aliphatic rings. The van der Waals surface area contributed by atoms with Crippen LogP contribution in [0, 0.1) is 0 Å². The standard InChI is InChI=1S/C31H27F3N2O6.C24H23BrN2O5.C7H5F3O/c32-31(33,34)23-8-12-26(13-9-23)40-17-16-39-25-10-6-22(7-11-25)27(28-14-15-42-35-28)19-29(37)36-24(20-41-30(36)38)18-21-4-2-1-3-5-21;25-11-13-30-20-8-6-18(7-9-20)21(22-10-12-32-26-22)15-23(28)27-19(16-31-24(27)29)14-17-4-2-1-3-5-17;8-7(9,10)5-1-3-6(11)4-2-5/h1-15,24,27H,16-20H2;1-10,12,19,21H,11,13-16H2;1-4,11H/t24-,27-;19-,21-;/m00./s1. The van der Waals surface area contributed by atoms with Gasteiger partial charge in [0.15, 0.2) is 0 Å². The quantitative estimate of drug-likeness (QED) is 0.0430. The molecule has 16 nitrogen and oxygen atoms in total. The normalized spacial score (nSPS) is 15.5. The number of alkyl halides is 7. The molecule has 0 bridgehead atoms. The Bertz CT molecular complexity index is 3360. The summed E-state index contributed by atoms with van der Waals surface area (Å²) in [6.07, 6.45) is -6.04. The van der Waals surface area contributed by atoms with Crippen molar-refractivity contribution in [2.45, 2.75) is 62.0 Å². The molecule has 6 aromatic carbocycles. The first kappa shape index (κ1) is 61.9. The van der Waals surface area contributed by atoms with Crippen LogP contribution in [0.25, 0.3) is 0 Å². The molecule has 2 saturated heterocycles. The number of cyclic esters (lactones) is 2. The Morgan fingerprint density at radius 1 is 0.529 bits per heavy atom. The molecule has 2 aliphatic heterocycles. The molecular formula is C62H55BrF6N4O12. The molecule has 0 saturated carbocycles. The summed E-state index contributed by atoms with van der Waals surface area (Å²) in [6.45, 7) is 1.16. The number of hydrogen-bond donors (Lipinski definition) is 1. The summed E-state index contributed by atoms with van der Waals surface area (Å²) in [4.78, 5) is 54.1. The SMILES string of the molecule is O=C(C[C@@H](c1ccc(OCCBr)cc1)c1ccon1)N1C(=O)OC[C@@H]1Cc1ccccc1.O=C(C[C@@H](c1ccc(OCCOc2ccc(C(F)(F)F)cc2)cc1)c1ccon1)N1C(=O)OC[C@@H]1Cc1ccccc1.Oc1ccc(C(F)(F)F)cc1. The van der Waals surface area contributed by atoms with E-state index in [0.29, 0.717) is 42.3 Å². The summed E-state index contributed by atoms with van der Waals surface area (Å²) in [5.74, 6) is -0.131. The van der Waals surface area contributed by atoms with Gasteiger partial charge in [0, 0.05) is 42.1 Å². The van der Waals surface area contributed by atoms with Crippen LogP contribution in [0.15, 0.2) is 191 Å². The van der Waals surface area contributed by atoms with Crippen LogP contribution in [-0.2, 0) is 44.3 Å². The summed E-state index contributed by atoms with van der Waals surface area (Å²) in [5, 5.41) is 17.5. The second kappa shape index (κ2) is 29.4. The molecule has 2 fully saturated rings. The van der Waals surface area contributed by atoms with E-state index in [1.807, 2.05) is 84.9 Å². The zero-order valence-corrected chi connectivity index (χ0v) is 46.7. The Balaban J connectivity index is 0.000000192. The van der Waals surface area contributed by atoms with Crippen LogP contribution in [0.2, 0.25) is 0 Å². The van der Waals surface area contributed by atoms with Crippen molar-refractivity contribution in [1.82, 2.24) is 20.1 Å². The Morgan fingerprint density at radius 2 is 0.894 bits per heavy atom. The van der Waals surface area contributed by atoms with Gasteiger partial charge in [0.25, 0.3) is 0 Å². The highest BCUT2D eigenvalue weighted by Crippen LogP contribution is 2.35. The molecule has 0 aliphatic carbocycles. The maximum Gasteiger partial charge on any atom is 0.416 e. The first-order chi connectivity index (χ1) is 40.9. The minimum absolute atomic E-state index is 0.0336. The third kappa shape index (κ3) is 17.7. The second-order valence-corrected chi connectivity index (χ2v) is 20.0. The third-order valence-electron chi connectivity index (χ3n) is 13.4. The zero-order chi connectivity index (χ0) is 60.3. The van der Waals surface area contributed by atoms with Gasteiger partial charge in [-0.05, 0) is 108 Å². The number of aromatic hydroxyl groups is 1. The van der Waals surface area contributed by atoms with Gasteiger partial charge < -0.3 is 37.8 Å². The Hall–Kier alpha value is -9.12. The molecule has 1 N–H and O–H groups in total. The zero-order valence-electron chi connectivity index (χ0n) is 45.1. The number of phenolic OH excluding ortho intramolecular Hbond substituents is 1. The highest BCUT2D eigenvalue weighted by Gasteiger charge is 2.41. The fraction of sp³-hybridized carbons (Fsp3) is 0.258. The van der Waals surface area contributed by atoms with Crippen LogP contribution in [-0.4, -0.2) is 99.7 Å². The number of hydrogen-bond acceptors (Lipinski definition) is 14. The lowest BCUT2D eigenvalue weighted by Gasteiger charge is -2.22. The number of amides is 4. The molecule has 0 spiro atoms. The van der Waals surface area contributed by atoms with Crippen LogP contribution in [0.1, 0.15) is 69.4 Å². The van der Waals surface area contributed by atoms with Crippen molar-refractivity contribution < 1.29 is 83.4 Å². The predicted molar refractivity (Wildman–Crippen MR) is 298 cm³/mol. The first-order valence-corrected chi connectivity index (χ1v) is 27.6. The van der Waals surface area contributed by atoms with E-state index >= 15 is 0 Å². The van der Waals surface area contributed by atoms with Gasteiger partial charge in [-0.2, -0.15) is 26.3 Å².